The number of ether oxygens (including phenoxy) is 1. The molecule has 5 aromatic rings. The minimum atomic E-state index is -1.69. The third kappa shape index (κ3) is 3.39. The SMILES string of the molecule is COc1cc(F)c(-c2c3ccccc3c(-c3c(F)c(F)cc(F)c3F)c3cccc(F)c23)c(F)c1. The van der Waals surface area contributed by atoms with E-state index >= 15 is 13.2 Å². The molecule has 0 heterocycles. The normalized spacial score (nSPS) is 11.4. The molecule has 8 heteroatoms. The molecule has 0 amide bonds. The first-order valence-corrected chi connectivity index (χ1v) is 10.2. The molecule has 35 heavy (non-hydrogen) atoms. The van der Waals surface area contributed by atoms with Crippen molar-refractivity contribution in [3.63, 3.8) is 0 Å². The molecular weight excluding hydrogens is 473 g/mol. The summed E-state index contributed by atoms with van der Waals surface area (Å²) in [5, 5.41) is -0.576. The average molecular weight is 486 g/mol. The van der Waals surface area contributed by atoms with Crippen LogP contribution in [-0.4, -0.2) is 7.11 Å². The summed E-state index contributed by atoms with van der Waals surface area (Å²) in [6.45, 7) is 0. The van der Waals surface area contributed by atoms with E-state index in [1.165, 1.54) is 43.5 Å². The Morgan fingerprint density at radius 2 is 1.03 bits per heavy atom. The van der Waals surface area contributed by atoms with Gasteiger partial charge >= 0.3 is 0 Å². The van der Waals surface area contributed by atoms with Crippen LogP contribution in [-0.2, 0) is 0 Å². The topological polar surface area (TPSA) is 9.23 Å². The van der Waals surface area contributed by atoms with E-state index in [-0.39, 0.29) is 44.5 Å². The highest BCUT2D eigenvalue weighted by atomic mass is 19.2. The van der Waals surface area contributed by atoms with Crippen LogP contribution < -0.4 is 4.74 Å². The van der Waals surface area contributed by atoms with Gasteiger partial charge < -0.3 is 4.74 Å². The summed E-state index contributed by atoms with van der Waals surface area (Å²) in [5.41, 5.74) is -2.25. The molecule has 0 spiro atoms. The summed E-state index contributed by atoms with van der Waals surface area (Å²) in [7, 11) is 1.22. The standard InChI is InChI=1S/C27H13F7O/c1-35-12-9-17(29)24(18(30)10-12)23-14-6-3-2-5-13(14)21(15-7-4-8-16(28)22(15)23)25-26(33)19(31)11-20(32)27(25)34/h2-11H,1H3. The highest BCUT2D eigenvalue weighted by molar-refractivity contribution is 6.21. The van der Waals surface area contributed by atoms with Crippen LogP contribution in [0.3, 0.4) is 0 Å². The fourth-order valence-electron chi connectivity index (χ4n) is 4.41. The van der Waals surface area contributed by atoms with Crippen molar-refractivity contribution in [1.29, 1.82) is 0 Å². The van der Waals surface area contributed by atoms with E-state index < -0.39 is 51.8 Å². The van der Waals surface area contributed by atoms with Gasteiger partial charge in [0.25, 0.3) is 0 Å². The lowest BCUT2D eigenvalue weighted by atomic mass is 9.85. The second-order valence-corrected chi connectivity index (χ2v) is 7.77. The molecule has 0 aliphatic rings. The molecule has 0 saturated carbocycles. The Morgan fingerprint density at radius 1 is 0.486 bits per heavy atom. The van der Waals surface area contributed by atoms with E-state index in [9.17, 15) is 17.6 Å². The van der Waals surface area contributed by atoms with Crippen molar-refractivity contribution in [3.05, 3.63) is 101 Å². The minimum Gasteiger partial charge on any atom is -0.497 e. The van der Waals surface area contributed by atoms with E-state index in [0.717, 1.165) is 18.2 Å². The molecule has 5 aromatic carbocycles. The van der Waals surface area contributed by atoms with E-state index in [1.807, 2.05) is 0 Å². The summed E-state index contributed by atoms with van der Waals surface area (Å²) >= 11 is 0. The van der Waals surface area contributed by atoms with Gasteiger partial charge in [-0.2, -0.15) is 0 Å². The van der Waals surface area contributed by atoms with Crippen molar-refractivity contribution in [2.75, 3.05) is 7.11 Å². The number of benzene rings is 5. The molecular formula is C27H13F7O. The molecule has 0 aliphatic heterocycles. The molecule has 176 valence electrons. The highest BCUT2D eigenvalue weighted by Crippen LogP contribution is 2.47. The number of hydrogen-bond acceptors (Lipinski definition) is 1. The summed E-state index contributed by atoms with van der Waals surface area (Å²) in [6, 6.07) is 11.0. The van der Waals surface area contributed by atoms with Crippen LogP contribution in [0.25, 0.3) is 43.8 Å². The Balaban J connectivity index is 2.07. The zero-order valence-corrected chi connectivity index (χ0v) is 17.8. The maximum Gasteiger partial charge on any atom is 0.169 e. The van der Waals surface area contributed by atoms with E-state index in [4.69, 9.17) is 4.74 Å². The first-order valence-electron chi connectivity index (χ1n) is 10.2. The fourth-order valence-corrected chi connectivity index (χ4v) is 4.41. The molecule has 0 N–H and O–H groups in total. The van der Waals surface area contributed by atoms with Crippen LogP contribution in [0.2, 0.25) is 0 Å². The quantitative estimate of drug-likeness (QED) is 0.142. The Labute approximate surface area is 194 Å². The van der Waals surface area contributed by atoms with Crippen molar-refractivity contribution in [1.82, 2.24) is 0 Å². The van der Waals surface area contributed by atoms with Crippen LogP contribution in [0.4, 0.5) is 30.7 Å². The van der Waals surface area contributed by atoms with Gasteiger partial charge in [0.1, 0.15) is 23.2 Å². The lowest BCUT2D eigenvalue weighted by Gasteiger charge is -2.19. The second-order valence-electron chi connectivity index (χ2n) is 7.77. The lowest BCUT2D eigenvalue weighted by Crippen LogP contribution is -2.02. The van der Waals surface area contributed by atoms with Crippen LogP contribution in [0, 0.1) is 40.7 Å². The second kappa shape index (κ2) is 8.30. The molecule has 0 unspecified atom stereocenters. The molecule has 0 aromatic heterocycles. The number of halogens is 7. The summed E-state index contributed by atoms with van der Waals surface area (Å²) in [5.74, 6) is -9.89. The lowest BCUT2D eigenvalue weighted by molar-refractivity contribution is 0.407. The van der Waals surface area contributed by atoms with E-state index in [1.54, 1.807) is 0 Å². The van der Waals surface area contributed by atoms with Crippen LogP contribution >= 0.6 is 0 Å². The summed E-state index contributed by atoms with van der Waals surface area (Å²) in [4.78, 5) is 0. The van der Waals surface area contributed by atoms with Crippen molar-refractivity contribution in [3.8, 4) is 28.0 Å². The molecule has 0 atom stereocenters. The van der Waals surface area contributed by atoms with Crippen molar-refractivity contribution in [2.45, 2.75) is 0 Å². The molecule has 1 nitrogen and oxygen atoms in total. The van der Waals surface area contributed by atoms with E-state index in [2.05, 4.69) is 0 Å². The maximum absolute atomic E-state index is 15.3. The molecule has 0 saturated heterocycles. The van der Waals surface area contributed by atoms with Crippen molar-refractivity contribution >= 4 is 21.5 Å². The molecule has 5 rings (SSSR count). The Bertz CT molecular complexity index is 1610. The first kappa shape index (κ1) is 22.7. The van der Waals surface area contributed by atoms with Crippen LogP contribution in [0.1, 0.15) is 0 Å². The number of rotatable bonds is 3. The number of fused-ring (bicyclic) bond motifs is 2. The fraction of sp³-hybridized carbons (Fsp3) is 0.0370. The average Bonchev–Trinajstić information content (AvgIpc) is 2.83. The Hall–Kier alpha value is -4.07. The van der Waals surface area contributed by atoms with Gasteiger partial charge in [0.05, 0.1) is 18.2 Å². The van der Waals surface area contributed by atoms with Crippen LogP contribution in [0.15, 0.2) is 60.7 Å². The Morgan fingerprint density at radius 3 is 1.60 bits per heavy atom. The van der Waals surface area contributed by atoms with E-state index in [0.29, 0.717) is 0 Å². The number of hydrogen-bond donors (Lipinski definition) is 0. The summed E-state index contributed by atoms with van der Waals surface area (Å²) < 4.78 is 109. The molecule has 0 radical (unpaired) electrons. The highest BCUT2D eigenvalue weighted by Gasteiger charge is 2.28. The van der Waals surface area contributed by atoms with Gasteiger partial charge in [-0.3, -0.25) is 0 Å². The molecule has 0 bridgehead atoms. The third-order valence-corrected chi connectivity index (χ3v) is 5.86. The van der Waals surface area contributed by atoms with Gasteiger partial charge in [0.2, 0.25) is 0 Å². The largest absolute Gasteiger partial charge is 0.497 e. The van der Waals surface area contributed by atoms with Gasteiger partial charge in [-0.1, -0.05) is 36.4 Å². The third-order valence-electron chi connectivity index (χ3n) is 5.86. The first-order chi connectivity index (χ1) is 16.7. The predicted octanol–water partition coefficient (Wildman–Crippen LogP) is 8.31. The van der Waals surface area contributed by atoms with Crippen molar-refractivity contribution in [2.24, 2.45) is 0 Å². The van der Waals surface area contributed by atoms with Gasteiger partial charge in [-0.05, 0) is 22.2 Å². The monoisotopic (exact) mass is 486 g/mol. The van der Waals surface area contributed by atoms with Gasteiger partial charge in [-0.15, -0.1) is 0 Å². The minimum absolute atomic E-state index is 0.00184. The zero-order valence-electron chi connectivity index (χ0n) is 17.8. The number of methoxy groups -OCH3 is 1. The van der Waals surface area contributed by atoms with Gasteiger partial charge in [-0.25, -0.2) is 30.7 Å². The summed E-state index contributed by atoms with van der Waals surface area (Å²) in [6.07, 6.45) is 0. The molecule has 0 fully saturated rings. The zero-order chi connectivity index (χ0) is 25.0. The van der Waals surface area contributed by atoms with Gasteiger partial charge in [0.15, 0.2) is 23.3 Å². The van der Waals surface area contributed by atoms with Crippen molar-refractivity contribution < 1.29 is 35.5 Å². The van der Waals surface area contributed by atoms with Gasteiger partial charge in [0, 0.05) is 34.7 Å². The molecule has 0 aliphatic carbocycles. The maximum atomic E-state index is 15.3. The smallest absolute Gasteiger partial charge is 0.169 e. The Kier molecular flexibility index (Phi) is 5.39. The predicted molar refractivity (Wildman–Crippen MR) is 119 cm³/mol. The van der Waals surface area contributed by atoms with Crippen LogP contribution in [0.5, 0.6) is 5.75 Å².